The lowest BCUT2D eigenvalue weighted by Crippen LogP contribution is -2.34. The van der Waals surface area contributed by atoms with Crippen molar-refractivity contribution in [2.24, 2.45) is 11.7 Å². The van der Waals surface area contributed by atoms with Crippen LogP contribution in [0.4, 0.5) is 0 Å². The SMILES string of the molecule is Cc1cccc(S(=O)(=O)NCC2CCC(N)CC2)c1. The number of aryl methyl sites for hydroxylation is 1. The molecule has 0 unspecified atom stereocenters. The average Bonchev–Trinajstić information content (AvgIpc) is 2.38. The minimum absolute atomic E-state index is 0.296. The van der Waals surface area contributed by atoms with Crippen LogP contribution < -0.4 is 10.5 Å². The van der Waals surface area contributed by atoms with E-state index in [1.165, 1.54) is 0 Å². The molecule has 0 radical (unpaired) electrons. The summed E-state index contributed by atoms with van der Waals surface area (Å²) in [5.74, 6) is 0.416. The number of sulfonamides is 1. The molecule has 5 heteroatoms. The predicted molar refractivity (Wildman–Crippen MR) is 76.3 cm³/mol. The molecule has 0 aliphatic heterocycles. The van der Waals surface area contributed by atoms with Gasteiger partial charge in [0.15, 0.2) is 0 Å². The van der Waals surface area contributed by atoms with Crippen LogP contribution >= 0.6 is 0 Å². The van der Waals surface area contributed by atoms with E-state index in [1.54, 1.807) is 18.2 Å². The van der Waals surface area contributed by atoms with Crippen LogP contribution in [0.15, 0.2) is 29.2 Å². The van der Waals surface area contributed by atoms with Crippen molar-refractivity contribution < 1.29 is 8.42 Å². The van der Waals surface area contributed by atoms with Crippen LogP contribution in [0.3, 0.4) is 0 Å². The standard InChI is InChI=1S/C14H22N2O2S/c1-11-3-2-4-14(9-11)19(17,18)16-10-12-5-7-13(15)8-6-12/h2-4,9,12-13,16H,5-8,10,15H2,1H3. The van der Waals surface area contributed by atoms with Gasteiger partial charge in [-0.15, -0.1) is 0 Å². The summed E-state index contributed by atoms with van der Waals surface area (Å²) in [6, 6.07) is 7.28. The van der Waals surface area contributed by atoms with Crippen molar-refractivity contribution in [3.63, 3.8) is 0 Å². The predicted octanol–water partition coefficient (Wildman–Crippen LogP) is 1.79. The smallest absolute Gasteiger partial charge is 0.240 e. The second kappa shape index (κ2) is 6.03. The molecule has 4 nitrogen and oxygen atoms in total. The Balaban J connectivity index is 1.95. The van der Waals surface area contributed by atoms with E-state index >= 15 is 0 Å². The number of hydrogen-bond acceptors (Lipinski definition) is 3. The minimum Gasteiger partial charge on any atom is -0.328 e. The third-order valence-electron chi connectivity index (χ3n) is 3.75. The van der Waals surface area contributed by atoms with E-state index in [1.807, 2.05) is 13.0 Å². The molecule has 0 amide bonds. The molecule has 1 aromatic carbocycles. The van der Waals surface area contributed by atoms with Crippen LogP contribution in [0.2, 0.25) is 0 Å². The average molecular weight is 282 g/mol. The molecule has 0 saturated heterocycles. The highest BCUT2D eigenvalue weighted by Crippen LogP contribution is 2.23. The van der Waals surface area contributed by atoms with Crippen LogP contribution in [-0.2, 0) is 10.0 Å². The van der Waals surface area contributed by atoms with E-state index in [0.29, 0.717) is 23.4 Å². The normalized spacial score (nSPS) is 24.3. The van der Waals surface area contributed by atoms with Gasteiger partial charge in [0, 0.05) is 12.6 Å². The van der Waals surface area contributed by atoms with E-state index in [9.17, 15) is 8.42 Å². The lowest BCUT2D eigenvalue weighted by molar-refractivity contribution is 0.326. The fourth-order valence-electron chi connectivity index (χ4n) is 2.49. The quantitative estimate of drug-likeness (QED) is 0.884. The van der Waals surface area contributed by atoms with Gasteiger partial charge in [-0.1, -0.05) is 12.1 Å². The van der Waals surface area contributed by atoms with E-state index in [2.05, 4.69) is 4.72 Å². The van der Waals surface area contributed by atoms with Crippen molar-refractivity contribution in [3.8, 4) is 0 Å². The zero-order valence-electron chi connectivity index (χ0n) is 11.3. The number of benzene rings is 1. The van der Waals surface area contributed by atoms with Gasteiger partial charge in [0.05, 0.1) is 4.90 Å². The highest BCUT2D eigenvalue weighted by atomic mass is 32.2. The second-order valence-electron chi connectivity index (χ2n) is 5.45. The molecule has 1 aliphatic carbocycles. The molecule has 1 fully saturated rings. The molecule has 0 atom stereocenters. The van der Waals surface area contributed by atoms with Gasteiger partial charge in [0.1, 0.15) is 0 Å². The van der Waals surface area contributed by atoms with Gasteiger partial charge in [-0.2, -0.15) is 0 Å². The first kappa shape index (κ1) is 14.5. The van der Waals surface area contributed by atoms with Gasteiger partial charge < -0.3 is 5.73 Å². The Morgan fingerprint density at radius 1 is 1.26 bits per heavy atom. The number of rotatable bonds is 4. The first-order valence-corrected chi connectivity index (χ1v) is 8.27. The molecular formula is C14H22N2O2S. The molecule has 1 aromatic rings. The van der Waals surface area contributed by atoms with Crippen molar-refractivity contribution >= 4 is 10.0 Å². The Bertz CT molecular complexity index is 520. The molecule has 2 rings (SSSR count). The molecule has 106 valence electrons. The van der Waals surface area contributed by atoms with E-state index in [-0.39, 0.29) is 0 Å². The zero-order chi connectivity index (χ0) is 13.9. The lowest BCUT2D eigenvalue weighted by Gasteiger charge is -2.26. The summed E-state index contributed by atoms with van der Waals surface area (Å²) in [5.41, 5.74) is 6.80. The van der Waals surface area contributed by atoms with Gasteiger partial charge in [0.2, 0.25) is 10.0 Å². The van der Waals surface area contributed by atoms with Crippen LogP contribution in [0.25, 0.3) is 0 Å². The highest BCUT2D eigenvalue weighted by Gasteiger charge is 2.21. The van der Waals surface area contributed by atoms with Gasteiger partial charge in [-0.05, 0) is 56.2 Å². The van der Waals surface area contributed by atoms with Crippen molar-refractivity contribution in [2.75, 3.05) is 6.54 Å². The largest absolute Gasteiger partial charge is 0.328 e. The molecular weight excluding hydrogens is 260 g/mol. The summed E-state index contributed by atoms with van der Waals surface area (Å²) in [6.45, 7) is 2.41. The summed E-state index contributed by atoms with van der Waals surface area (Å²) < 4.78 is 27.0. The molecule has 3 N–H and O–H groups in total. The van der Waals surface area contributed by atoms with E-state index in [4.69, 9.17) is 5.73 Å². The highest BCUT2D eigenvalue weighted by molar-refractivity contribution is 7.89. The van der Waals surface area contributed by atoms with Crippen LogP contribution in [0.5, 0.6) is 0 Å². The van der Waals surface area contributed by atoms with Gasteiger partial charge in [-0.3, -0.25) is 0 Å². The maximum absolute atomic E-state index is 12.2. The fourth-order valence-corrected chi connectivity index (χ4v) is 3.71. The van der Waals surface area contributed by atoms with Gasteiger partial charge in [0.25, 0.3) is 0 Å². The summed E-state index contributed by atoms with van der Waals surface area (Å²) in [7, 11) is -3.38. The Labute approximate surface area is 115 Å². The zero-order valence-corrected chi connectivity index (χ0v) is 12.1. The summed E-state index contributed by atoms with van der Waals surface area (Å²) in [6.07, 6.45) is 4.02. The summed E-state index contributed by atoms with van der Waals surface area (Å²) in [4.78, 5) is 0.347. The topological polar surface area (TPSA) is 72.2 Å². The third kappa shape index (κ3) is 4.03. The Hall–Kier alpha value is -0.910. The number of nitrogens with two attached hydrogens (primary N) is 1. The lowest BCUT2D eigenvalue weighted by atomic mass is 9.87. The van der Waals surface area contributed by atoms with Gasteiger partial charge >= 0.3 is 0 Å². The van der Waals surface area contributed by atoms with Crippen molar-refractivity contribution in [1.82, 2.24) is 4.72 Å². The molecule has 1 aliphatic rings. The van der Waals surface area contributed by atoms with Crippen LogP contribution in [0.1, 0.15) is 31.2 Å². The van der Waals surface area contributed by atoms with Crippen molar-refractivity contribution in [3.05, 3.63) is 29.8 Å². The van der Waals surface area contributed by atoms with Crippen LogP contribution in [0, 0.1) is 12.8 Å². The molecule has 0 spiro atoms. The summed E-state index contributed by atoms with van der Waals surface area (Å²) >= 11 is 0. The molecule has 1 saturated carbocycles. The fraction of sp³-hybridized carbons (Fsp3) is 0.571. The Morgan fingerprint density at radius 2 is 1.95 bits per heavy atom. The molecule has 0 bridgehead atoms. The molecule has 19 heavy (non-hydrogen) atoms. The molecule has 0 heterocycles. The Kier molecular flexibility index (Phi) is 4.60. The first-order valence-electron chi connectivity index (χ1n) is 6.79. The number of nitrogens with one attached hydrogen (secondary N) is 1. The van der Waals surface area contributed by atoms with Gasteiger partial charge in [-0.25, -0.2) is 13.1 Å². The maximum atomic E-state index is 12.2. The first-order chi connectivity index (χ1) is 8.97. The van der Waals surface area contributed by atoms with E-state index < -0.39 is 10.0 Å². The maximum Gasteiger partial charge on any atom is 0.240 e. The second-order valence-corrected chi connectivity index (χ2v) is 7.22. The monoisotopic (exact) mass is 282 g/mol. The third-order valence-corrected chi connectivity index (χ3v) is 5.17. The Morgan fingerprint density at radius 3 is 2.58 bits per heavy atom. The van der Waals surface area contributed by atoms with Crippen molar-refractivity contribution in [1.29, 1.82) is 0 Å². The van der Waals surface area contributed by atoms with E-state index in [0.717, 1.165) is 31.2 Å². The van der Waals surface area contributed by atoms with Crippen LogP contribution in [-0.4, -0.2) is 21.0 Å². The summed E-state index contributed by atoms with van der Waals surface area (Å²) in [5, 5.41) is 0. The minimum atomic E-state index is -3.38. The number of hydrogen-bond donors (Lipinski definition) is 2. The van der Waals surface area contributed by atoms with Crippen molar-refractivity contribution in [2.45, 2.75) is 43.5 Å². The molecule has 0 aromatic heterocycles.